The molecule has 0 radical (unpaired) electrons. The van der Waals surface area contributed by atoms with Crippen LogP contribution in [0.3, 0.4) is 0 Å². The minimum absolute atomic E-state index is 0.173. The van der Waals surface area contributed by atoms with Gasteiger partial charge in [-0.1, -0.05) is 11.6 Å². The summed E-state index contributed by atoms with van der Waals surface area (Å²) in [5.41, 5.74) is 1.03. The van der Waals surface area contributed by atoms with Crippen LogP contribution in [0, 0.1) is 0 Å². The number of nitrogens with one attached hydrogen (secondary N) is 1. The highest BCUT2D eigenvalue weighted by Gasteiger charge is 2.24. The van der Waals surface area contributed by atoms with Crippen molar-refractivity contribution in [3.05, 3.63) is 41.0 Å². The summed E-state index contributed by atoms with van der Waals surface area (Å²) in [5.74, 6) is 0.617. The molecule has 1 amide bonds. The third kappa shape index (κ3) is 3.98. The van der Waals surface area contributed by atoms with E-state index in [9.17, 15) is 9.90 Å². The van der Waals surface area contributed by atoms with Gasteiger partial charge in [0.2, 0.25) is 5.88 Å². The van der Waals surface area contributed by atoms with Crippen LogP contribution in [0.1, 0.15) is 10.4 Å². The van der Waals surface area contributed by atoms with Crippen molar-refractivity contribution in [2.75, 3.05) is 31.7 Å². The number of hydrogen-bond donors (Lipinski definition) is 2. The molecule has 2 N–H and O–H groups in total. The number of ether oxygens (including phenoxy) is 2. The minimum Gasteiger partial charge on any atom is -0.496 e. The zero-order valence-electron chi connectivity index (χ0n) is 14.2. The fourth-order valence-electron chi connectivity index (χ4n) is 2.40. The Kier molecular flexibility index (Phi) is 5.75. The summed E-state index contributed by atoms with van der Waals surface area (Å²) < 4.78 is 12.7. The fourth-order valence-corrected chi connectivity index (χ4v) is 3.55. The number of aliphatic hydroxyl groups excluding tert-OH is 1. The van der Waals surface area contributed by atoms with Gasteiger partial charge in [0.25, 0.3) is 5.91 Å². The highest BCUT2D eigenvalue weighted by Crippen LogP contribution is 2.36. The first-order chi connectivity index (χ1) is 12.5. The lowest BCUT2D eigenvalue weighted by Crippen LogP contribution is -2.39. The number of benzene rings is 1. The molecule has 2 heterocycles. The monoisotopic (exact) mass is 395 g/mol. The van der Waals surface area contributed by atoms with Gasteiger partial charge in [-0.2, -0.15) is 0 Å². The number of pyridine rings is 1. The normalized spacial score (nSPS) is 16.2. The fraction of sp³-hybridized carbons (Fsp3) is 0.294. The maximum absolute atomic E-state index is 12.3. The number of anilines is 1. The number of carbonyl (C=O) groups is 1. The van der Waals surface area contributed by atoms with E-state index < -0.39 is 6.04 Å². The molecule has 26 heavy (non-hydrogen) atoms. The van der Waals surface area contributed by atoms with Gasteiger partial charge in [0.15, 0.2) is 0 Å². The Morgan fingerprint density at radius 2 is 2.31 bits per heavy atom. The molecule has 0 bridgehead atoms. The number of methoxy groups -OCH3 is 1. The van der Waals surface area contributed by atoms with E-state index in [1.54, 1.807) is 37.6 Å². The van der Waals surface area contributed by atoms with Crippen molar-refractivity contribution >= 4 is 35.1 Å². The van der Waals surface area contributed by atoms with Crippen LogP contribution in [0.15, 0.2) is 35.4 Å². The lowest BCUT2D eigenvalue weighted by molar-refractivity contribution is 0.0914. The van der Waals surface area contributed by atoms with Gasteiger partial charge >= 0.3 is 0 Å². The molecule has 138 valence electrons. The van der Waals surface area contributed by atoms with Gasteiger partial charge in [-0.25, -0.2) is 4.98 Å². The summed E-state index contributed by atoms with van der Waals surface area (Å²) in [5, 5.41) is 12.6. The highest BCUT2D eigenvalue weighted by atomic mass is 35.5. The van der Waals surface area contributed by atoms with E-state index in [1.807, 2.05) is 11.4 Å². The third-order valence-electron chi connectivity index (χ3n) is 3.78. The number of amides is 1. The molecule has 0 fully saturated rings. The second kappa shape index (κ2) is 8.03. The number of rotatable bonds is 5. The predicted molar refractivity (Wildman–Crippen MR) is 100 cm³/mol. The van der Waals surface area contributed by atoms with Crippen molar-refractivity contribution in [3.63, 3.8) is 0 Å². The van der Waals surface area contributed by atoms with Gasteiger partial charge in [-0.05, 0) is 36.2 Å². The SMILES string of the molecule is COc1ccc(Cl)cc1SN(C)c1cnc2c(c1)C(=O)NC(CO)CO2. The minimum atomic E-state index is -0.456. The molecule has 0 aliphatic carbocycles. The van der Waals surface area contributed by atoms with Crippen LogP contribution in [0.25, 0.3) is 0 Å². The first-order valence-electron chi connectivity index (χ1n) is 7.81. The van der Waals surface area contributed by atoms with Gasteiger partial charge in [-0.3, -0.25) is 4.79 Å². The Labute approximate surface area is 160 Å². The summed E-state index contributed by atoms with van der Waals surface area (Å²) in [6.45, 7) is -0.0250. The molecule has 0 spiro atoms. The maximum atomic E-state index is 12.3. The van der Waals surface area contributed by atoms with Crippen molar-refractivity contribution in [1.29, 1.82) is 0 Å². The summed E-state index contributed by atoms with van der Waals surface area (Å²) in [6, 6.07) is 6.60. The predicted octanol–water partition coefficient (Wildman–Crippen LogP) is 2.37. The quantitative estimate of drug-likeness (QED) is 0.752. The molecule has 1 aliphatic rings. The molecular weight excluding hydrogens is 378 g/mol. The van der Waals surface area contributed by atoms with Crippen molar-refractivity contribution in [3.8, 4) is 11.6 Å². The second-order valence-electron chi connectivity index (χ2n) is 5.59. The zero-order chi connectivity index (χ0) is 18.7. The van der Waals surface area contributed by atoms with E-state index in [1.165, 1.54) is 11.9 Å². The van der Waals surface area contributed by atoms with Crippen LogP contribution >= 0.6 is 23.5 Å². The summed E-state index contributed by atoms with van der Waals surface area (Å²) in [4.78, 5) is 17.4. The van der Waals surface area contributed by atoms with Crippen LogP contribution < -0.4 is 19.1 Å². The van der Waals surface area contributed by atoms with E-state index in [0.717, 1.165) is 4.90 Å². The molecular formula is C17H18ClN3O4S. The molecule has 1 aliphatic heterocycles. The number of hydrogen-bond acceptors (Lipinski definition) is 7. The molecule has 1 atom stereocenters. The lowest BCUT2D eigenvalue weighted by atomic mass is 10.2. The maximum Gasteiger partial charge on any atom is 0.257 e. The van der Waals surface area contributed by atoms with Crippen molar-refractivity contribution in [2.45, 2.75) is 10.9 Å². The Morgan fingerprint density at radius 1 is 1.50 bits per heavy atom. The number of nitrogens with zero attached hydrogens (tertiary/aromatic N) is 2. The molecule has 7 nitrogen and oxygen atoms in total. The summed E-state index contributed by atoms with van der Waals surface area (Å²) in [7, 11) is 3.44. The number of fused-ring (bicyclic) bond motifs is 1. The lowest BCUT2D eigenvalue weighted by Gasteiger charge is -2.20. The molecule has 1 unspecified atom stereocenters. The summed E-state index contributed by atoms with van der Waals surface area (Å²) in [6.07, 6.45) is 1.62. The molecule has 1 aromatic heterocycles. The summed E-state index contributed by atoms with van der Waals surface area (Å²) >= 11 is 7.47. The first kappa shape index (κ1) is 18.6. The second-order valence-corrected chi connectivity index (χ2v) is 7.20. The molecule has 9 heteroatoms. The molecule has 0 saturated carbocycles. The molecule has 2 aromatic rings. The zero-order valence-corrected chi connectivity index (χ0v) is 15.8. The van der Waals surface area contributed by atoms with Gasteiger partial charge in [0.05, 0.1) is 36.5 Å². The first-order valence-corrected chi connectivity index (χ1v) is 8.96. The van der Waals surface area contributed by atoms with Crippen molar-refractivity contribution in [1.82, 2.24) is 10.3 Å². The van der Waals surface area contributed by atoms with E-state index in [0.29, 0.717) is 22.0 Å². The van der Waals surface area contributed by atoms with E-state index in [4.69, 9.17) is 21.1 Å². The molecule has 1 aromatic carbocycles. The van der Waals surface area contributed by atoms with E-state index in [-0.39, 0.29) is 25.0 Å². The Bertz CT molecular complexity index is 821. The van der Waals surface area contributed by atoms with E-state index in [2.05, 4.69) is 10.3 Å². The Morgan fingerprint density at radius 3 is 3.04 bits per heavy atom. The average molecular weight is 396 g/mol. The number of aliphatic hydroxyl groups is 1. The number of aromatic nitrogens is 1. The average Bonchev–Trinajstić information content (AvgIpc) is 2.80. The van der Waals surface area contributed by atoms with Crippen LogP contribution in [0.5, 0.6) is 11.6 Å². The van der Waals surface area contributed by atoms with Crippen LogP contribution in [-0.4, -0.2) is 49.4 Å². The van der Waals surface area contributed by atoms with Crippen LogP contribution in [0.4, 0.5) is 5.69 Å². The van der Waals surface area contributed by atoms with Crippen molar-refractivity contribution < 1.29 is 19.4 Å². The molecule has 3 rings (SSSR count). The Hall–Kier alpha value is -2.16. The van der Waals surface area contributed by atoms with Gasteiger partial charge < -0.3 is 24.2 Å². The van der Waals surface area contributed by atoms with Gasteiger partial charge in [0.1, 0.15) is 17.9 Å². The van der Waals surface area contributed by atoms with Crippen LogP contribution in [0.2, 0.25) is 5.02 Å². The number of halogens is 1. The topological polar surface area (TPSA) is 83.9 Å². The molecule has 0 saturated heterocycles. The van der Waals surface area contributed by atoms with Gasteiger partial charge in [-0.15, -0.1) is 0 Å². The van der Waals surface area contributed by atoms with E-state index >= 15 is 0 Å². The standard InChI is InChI=1S/C17H18ClN3O4S/c1-21(26-15-5-10(18)3-4-14(15)24-2)12-6-13-16(23)20-11(8-22)9-25-17(13)19-7-12/h3-7,11,22H,8-9H2,1-2H3,(H,20,23). The van der Waals surface area contributed by atoms with Crippen LogP contribution in [-0.2, 0) is 0 Å². The highest BCUT2D eigenvalue weighted by molar-refractivity contribution is 8.00. The number of carbonyl (C=O) groups excluding carboxylic acids is 1. The largest absolute Gasteiger partial charge is 0.496 e. The van der Waals surface area contributed by atoms with Crippen molar-refractivity contribution in [2.24, 2.45) is 0 Å². The smallest absolute Gasteiger partial charge is 0.257 e. The Balaban J connectivity index is 1.85. The third-order valence-corrected chi connectivity index (χ3v) is 5.02. The van der Waals surface area contributed by atoms with Gasteiger partial charge in [0, 0.05) is 12.1 Å².